The molecule has 4 N–H and O–H groups in total. The van der Waals surface area contributed by atoms with Crippen LogP contribution in [0.1, 0.15) is 16.4 Å². The number of nitrogens with one attached hydrogen (secondary N) is 2. The first kappa shape index (κ1) is 19.6. The summed E-state index contributed by atoms with van der Waals surface area (Å²) in [6.07, 6.45) is 1.36. The van der Waals surface area contributed by atoms with Crippen molar-refractivity contribution >= 4 is 29.5 Å². The molecule has 2 aromatic heterocycles. The van der Waals surface area contributed by atoms with Crippen LogP contribution in [0.4, 0.5) is 17.6 Å². The normalized spacial score (nSPS) is 10.2. The summed E-state index contributed by atoms with van der Waals surface area (Å²) < 4.78 is 15.2. The topological polar surface area (TPSA) is 154 Å². The standard InChI is InChI=1S/C18H18N6O5/c1-27-12-6-3-2-5-11(12)21-18-23-14(22-17(19)24-18)10-29-15(25)9-20-16(26)13-7-4-8-28-13/h2-8H,9-10H2,1H3,(H,20,26)(H3,19,21,22,23,24). The van der Waals surface area contributed by atoms with Crippen molar-refractivity contribution in [2.75, 3.05) is 24.7 Å². The zero-order valence-corrected chi connectivity index (χ0v) is 15.4. The lowest BCUT2D eigenvalue weighted by Crippen LogP contribution is -2.30. The van der Waals surface area contributed by atoms with Gasteiger partial charge in [-0.3, -0.25) is 9.59 Å². The van der Waals surface area contributed by atoms with Crippen LogP contribution in [0.2, 0.25) is 0 Å². The Morgan fingerprint density at radius 3 is 2.72 bits per heavy atom. The summed E-state index contributed by atoms with van der Waals surface area (Å²) in [4.78, 5) is 35.6. The molecule has 0 radical (unpaired) electrons. The molecule has 0 saturated heterocycles. The summed E-state index contributed by atoms with van der Waals surface area (Å²) in [5, 5.41) is 5.35. The average molecular weight is 398 g/mol. The van der Waals surface area contributed by atoms with Crippen LogP contribution in [-0.4, -0.2) is 40.5 Å². The van der Waals surface area contributed by atoms with Gasteiger partial charge >= 0.3 is 5.97 Å². The number of rotatable bonds is 8. The number of carbonyl (C=O) groups excluding carboxylic acids is 2. The Hall–Kier alpha value is -4.15. The highest BCUT2D eigenvalue weighted by Crippen LogP contribution is 2.25. The fraction of sp³-hybridized carbons (Fsp3) is 0.167. The number of benzene rings is 1. The quantitative estimate of drug-likeness (QED) is 0.472. The Morgan fingerprint density at radius 1 is 1.14 bits per heavy atom. The maximum atomic E-state index is 11.8. The van der Waals surface area contributed by atoms with Gasteiger partial charge in [0.15, 0.2) is 18.2 Å². The number of ether oxygens (including phenoxy) is 2. The molecule has 3 rings (SSSR count). The number of nitrogens with zero attached hydrogens (tertiary/aromatic N) is 3. The van der Waals surface area contributed by atoms with Gasteiger partial charge < -0.3 is 30.3 Å². The molecule has 3 aromatic rings. The molecule has 29 heavy (non-hydrogen) atoms. The number of amides is 1. The molecule has 0 bridgehead atoms. The van der Waals surface area contributed by atoms with Crippen LogP contribution >= 0.6 is 0 Å². The van der Waals surface area contributed by atoms with Crippen LogP contribution in [0.25, 0.3) is 0 Å². The average Bonchev–Trinajstić information content (AvgIpc) is 3.25. The summed E-state index contributed by atoms with van der Waals surface area (Å²) in [5.41, 5.74) is 6.33. The summed E-state index contributed by atoms with van der Waals surface area (Å²) in [6, 6.07) is 10.2. The minimum absolute atomic E-state index is 0.0467. The van der Waals surface area contributed by atoms with E-state index in [1.165, 1.54) is 19.4 Å². The maximum Gasteiger partial charge on any atom is 0.325 e. The van der Waals surface area contributed by atoms with E-state index in [-0.39, 0.29) is 36.6 Å². The smallest absolute Gasteiger partial charge is 0.325 e. The molecular weight excluding hydrogens is 380 g/mol. The van der Waals surface area contributed by atoms with Crippen molar-refractivity contribution in [3.8, 4) is 5.75 Å². The van der Waals surface area contributed by atoms with Crippen LogP contribution in [0, 0.1) is 0 Å². The number of anilines is 3. The molecule has 0 atom stereocenters. The second kappa shape index (κ2) is 9.17. The third-order valence-corrected chi connectivity index (χ3v) is 3.55. The van der Waals surface area contributed by atoms with E-state index in [2.05, 4.69) is 25.6 Å². The summed E-state index contributed by atoms with van der Waals surface area (Å²) >= 11 is 0. The summed E-state index contributed by atoms with van der Waals surface area (Å²) in [6.45, 7) is -0.588. The number of hydrogen-bond donors (Lipinski definition) is 3. The molecule has 0 saturated carbocycles. The van der Waals surface area contributed by atoms with E-state index in [9.17, 15) is 9.59 Å². The Labute approximate surface area is 165 Å². The molecular formula is C18H18N6O5. The lowest BCUT2D eigenvalue weighted by atomic mass is 10.3. The molecule has 0 fully saturated rings. The second-order valence-corrected chi connectivity index (χ2v) is 5.58. The van der Waals surface area contributed by atoms with Gasteiger partial charge in [0.2, 0.25) is 11.9 Å². The van der Waals surface area contributed by atoms with Gasteiger partial charge in [0.25, 0.3) is 5.91 Å². The van der Waals surface area contributed by atoms with Crippen LogP contribution in [0.5, 0.6) is 5.75 Å². The van der Waals surface area contributed by atoms with E-state index in [0.717, 1.165) is 0 Å². The van der Waals surface area contributed by atoms with E-state index in [4.69, 9.17) is 19.6 Å². The van der Waals surface area contributed by atoms with Gasteiger partial charge in [-0.2, -0.15) is 15.0 Å². The number of nitrogens with two attached hydrogens (primary N) is 1. The number of nitrogen functional groups attached to an aromatic ring is 1. The van der Waals surface area contributed by atoms with Crippen molar-refractivity contribution in [2.45, 2.75) is 6.61 Å². The number of carbonyl (C=O) groups is 2. The Bertz CT molecular complexity index is 992. The van der Waals surface area contributed by atoms with Crippen LogP contribution < -0.4 is 21.1 Å². The number of hydrogen-bond acceptors (Lipinski definition) is 10. The number of methoxy groups -OCH3 is 1. The van der Waals surface area contributed by atoms with Crippen molar-refractivity contribution in [3.05, 3.63) is 54.2 Å². The van der Waals surface area contributed by atoms with E-state index in [1.54, 1.807) is 18.2 Å². The zero-order valence-electron chi connectivity index (χ0n) is 15.4. The van der Waals surface area contributed by atoms with E-state index in [0.29, 0.717) is 11.4 Å². The monoisotopic (exact) mass is 398 g/mol. The van der Waals surface area contributed by atoms with Gasteiger partial charge in [-0.05, 0) is 24.3 Å². The molecule has 1 amide bonds. The van der Waals surface area contributed by atoms with E-state index in [1.807, 2.05) is 12.1 Å². The lowest BCUT2D eigenvalue weighted by Gasteiger charge is -2.11. The van der Waals surface area contributed by atoms with Crippen molar-refractivity contribution in [2.24, 2.45) is 0 Å². The Morgan fingerprint density at radius 2 is 1.97 bits per heavy atom. The van der Waals surface area contributed by atoms with Gasteiger partial charge in [0.1, 0.15) is 12.3 Å². The van der Waals surface area contributed by atoms with Crippen LogP contribution in [0.15, 0.2) is 47.1 Å². The molecule has 0 unspecified atom stereocenters. The minimum Gasteiger partial charge on any atom is -0.495 e. The van der Waals surface area contributed by atoms with Crippen molar-refractivity contribution in [1.29, 1.82) is 0 Å². The van der Waals surface area contributed by atoms with Crippen LogP contribution in [0.3, 0.4) is 0 Å². The van der Waals surface area contributed by atoms with E-state index >= 15 is 0 Å². The fourth-order valence-electron chi connectivity index (χ4n) is 2.27. The molecule has 11 heteroatoms. The highest BCUT2D eigenvalue weighted by Gasteiger charge is 2.13. The number of para-hydroxylation sites is 2. The molecule has 11 nitrogen and oxygen atoms in total. The SMILES string of the molecule is COc1ccccc1Nc1nc(N)nc(COC(=O)CNC(=O)c2ccco2)n1. The van der Waals surface area contributed by atoms with Crippen LogP contribution in [-0.2, 0) is 16.1 Å². The third kappa shape index (κ3) is 5.42. The predicted octanol–water partition coefficient (Wildman–Crippen LogP) is 1.27. The minimum atomic E-state index is -0.678. The zero-order chi connectivity index (χ0) is 20.6. The molecule has 0 aliphatic rings. The molecule has 2 heterocycles. The Balaban J connectivity index is 1.57. The predicted molar refractivity (Wildman–Crippen MR) is 101 cm³/mol. The van der Waals surface area contributed by atoms with Gasteiger partial charge in [0, 0.05) is 0 Å². The molecule has 0 aliphatic heterocycles. The van der Waals surface area contributed by atoms with Gasteiger partial charge in [0.05, 0.1) is 19.1 Å². The third-order valence-electron chi connectivity index (χ3n) is 3.55. The Kier molecular flexibility index (Phi) is 6.20. The number of aromatic nitrogens is 3. The number of esters is 1. The first-order chi connectivity index (χ1) is 14.0. The van der Waals surface area contributed by atoms with Crippen molar-refractivity contribution < 1.29 is 23.5 Å². The molecule has 0 aliphatic carbocycles. The first-order valence-electron chi connectivity index (χ1n) is 8.43. The molecule has 150 valence electrons. The fourth-order valence-corrected chi connectivity index (χ4v) is 2.27. The van der Waals surface area contributed by atoms with Gasteiger partial charge in [-0.1, -0.05) is 12.1 Å². The number of furan rings is 1. The second-order valence-electron chi connectivity index (χ2n) is 5.58. The highest BCUT2D eigenvalue weighted by atomic mass is 16.5. The summed E-state index contributed by atoms with van der Waals surface area (Å²) in [7, 11) is 1.54. The maximum absolute atomic E-state index is 11.8. The molecule has 1 aromatic carbocycles. The molecule has 0 spiro atoms. The summed E-state index contributed by atoms with van der Waals surface area (Å²) in [5.74, 6) is -0.265. The van der Waals surface area contributed by atoms with Crippen molar-refractivity contribution in [3.63, 3.8) is 0 Å². The van der Waals surface area contributed by atoms with E-state index < -0.39 is 11.9 Å². The van der Waals surface area contributed by atoms with Crippen molar-refractivity contribution in [1.82, 2.24) is 20.3 Å². The largest absolute Gasteiger partial charge is 0.495 e. The van der Waals surface area contributed by atoms with Gasteiger partial charge in [-0.25, -0.2) is 0 Å². The first-order valence-corrected chi connectivity index (χ1v) is 8.43. The highest BCUT2D eigenvalue weighted by molar-refractivity contribution is 5.93. The van der Waals surface area contributed by atoms with Gasteiger partial charge in [-0.15, -0.1) is 0 Å². The lowest BCUT2D eigenvalue weighted by molar-refractivity contribution is -0.143.